The SMILES string of the molecule is O=C(c1ccc(I)c(Br)c1)c1cnoc1C1CC1. The molecule has 0 aliphatic heterocycles. The lowest BCUT2D eigenvalue weighted by Crippen LogP contribution is -2.03. The second-order valence-electron chi connectivity index (χ2n) is 4.34. The van der Waals surface area contributed by atoms with E-state index in [9.17, 15) is 4.79 Å². The molecule has 0 amide bonds. The molecule has 1 aromatic heterocycles. The molecule has 92 valence electrons. The molecule has 1 saturated carbocycles. The normalized spacial score (nSPS) is 14.8. The van der Waals surface area contributed by atoms with E-state index >= 15 is 0 Å². The number of aromatic nitrogens is 1. The lowest BCUT2D eigenvalue weighted by molar-refractivity contribution is 0.103. The van der Waals surface area contributed by atoms with Crippen LogP contribution in [0.4, 0.5) is 0 Å². The third-order valence-electron chi connectivity index (χ3n) is 2.97. The maximum absolute atomic E-state index is 12.4. The summed E-state index contributed by atoms with van der Waals surface area (Å²) in [6.45, 7) is 0. The van der Waals surface area contributed by atoms with Crippen LogP contribution in [0.3, 0.4) is 0 Å². The molecule has 0 bridgehead atoms. The number of halogens is 2. The highest BCUT2D eigenvalue weighted by Gasteiger charge is 2.32. The summed E-state index contributed by atoms with van der Waals surface area (Å²) in [6, 6.07) is 5.59. The number of carbonyl (C=O) groups excluding carboxylic acids is 1. The van der Waals surface area contributed by atoms with E-state index in [0.29, 0.717) is 17.0 Å². The Balaban J connectivity index is 1.98. The van der Waals surface area contributed by atoms with Crippen LogP contribution in [0.25, 0.3) is 0 Å². The quantitative estimate of drug-likeness (QED) is 0.556. The average molecular weight is 418 g/mol. The molecule has 18 heavy (non-hydrogen) atoms. The van der Waals surface area contributed by atoms with E-state index in [2.05, 4.69) is 43.7 Å². The second-order valence-corrected chi connectivity index (χ2v) is 6.35. The van der Waals surface area contributed by atoms with E-state index in [4.69, 9.17) is 4.52 Å². The van der Waals surface area contributed by atoms with Crippen LogP contribution in [0.1, 0.15) is 40.4 Å². The lowest BCUT2D eigenvalue weighted by atomic mass is 10.0. The number of ketones is 1. The van der Waals surface area contributed by atoms with Gasteiger partial charge in [0, 0.05) is 19.5 Å². The summed E-state index contributed by atoms with van der Waals surface area (Å²) in [6.07, 6.45) is 3.71. The Morgan fingerprint density at radius 2 is 2.22 bits per heavy atom. The van der Waals surface area contributed by atoms with E-state index in [0.717, 1.165) is 26.6 Å². The van der Waals surface area contributed by atoms with Crippen molar-refractivity contribution in [1.82, 2.24) is 5.16 Å². The number of hydrogen-bond donors (Lipinski definition) is 0. The molecule has 3 nitrogen and oxygen atoms in total. The maximum Gasteiger partial charge on any atom is 0.198 e. The van der Waals surface area contributed by atoms with Gasteiger partial charge in [-0.1, -0.05) is 5.16 Å². The van der Waals surface area contributed by atoms with Crippen molar-refractivity contribution in [2.75, 3.05) is 0 Å². The first-order valence-corrected chi connectivity index (χ1v) is 7.48. The zero-order valence-corrected chi connectivity index (χ0v) is 13.1. The van der Waals surface area contributed by atoms with Crippen LogP contribution >= 0.6 is 38.5 Å². The van der Waals surface area contributed by atoms with Crippen LogP contribution in [-0.4, -0.2) is 10.9 Å². The van der Waals surface area contributed by atoms with E-state index in [1.165, 1.54) is 6.20 Å². The first-order chi connectivity index (χ1) is 8.66. The molecule has 1 heterocycles. The summed E-state index contributed by atoms with van der Waals surface area (Å²) < 4.78 is 7.21. The molecule has 0 N–H and O–H groups in total. The summed E-state index contributed by atoms with van der Waals surface area (Å²) >= 11 is 5.65. The Morgan fingerprint density at radius 3 is 2.89 bits per heavy atom. The highest BCUT2D eigenvalue weighted by atomic mass is 127. The number of hydrogen-bond acceptors (Lipinski definition) is 3. The monoisotopic (exact) mass is 417 g/mol. The Morgan fingerprint density at radius 1 is 1.44 bits per heavy atom. The zero-order valence-electron chi connectivity index (χ0n) is 9.32. The van der Waals surface area contributed by atoms with Crippen molar-refractivity contribution in [2.24, 2.45) is 0 Å². The van der Waals surface area contributed by atoms with Crippen molar-refractivity contribution in [3.8, 4) is 0 Å². The number of carbonyl (C=O) groups is 1. The minimum Gasteiger partial charge on any atom is -0.360 e. The molecule has 0 atom stereocenters. The van der Waals surface area contributed by atoms with Gasteiger partial charge >= 0.3 is 0 Å². The standard InChI is InChI=1S/C13H9BrINO2/c14-10-5-8(3-4-11(10)15)12(17)9-6-16-18-13(9)7-1-2-7/h3-7H,1-2H2. The van der Waals surface area contributed by atoms with Gasteiger partial charge in [-0.2, -0.15) is 0 Å². The van der Waals surface area contributed by atoms with Gasteiger partial charge in [0.15, 0.2) is 11.5 Å². The molecule has 1 aromatic carbocycles. The summed E-state index contributed by atoms with van der Waals surface area (Å²) in [7, 11) is 0. The van der Waals surface area contributed by atoms with Gasteiger partial charge < -0.3 is 4.52 Å². The van der Waals surface area contributed by atoms with Gasteiger partial charge in [0.25, 0.3) is 0 Å². The molecule has 0 radical (unpaired) electrons. The minimum atomic E-state index is -0.0183. The van der Waals surface area contributed by atoms with Crippen molar-refractivity contribution in [3.63, 3.8) is 0 Å². The summed E-state index contributed by atoms with van der Waals surface area (Å²) in [5.74, 6) is 1.11. The largest absolute Gasteiger partial charge is 0.360 e. The summed E-state index contributed by atoms with van der Waals surface area (Å²) in [5, 5.41) is 3.76. The van der Waals surface area contributed by atoms with Crippen molar-refractivity contribution in [2.45, 2.75) is 18.8 Å². The Kier molecular flexibility index (Phi) is 3.27. The Bertz CT molecular complexity index is 619. The van der Waals surface area contributed by atoms with Crippen LogP contribution in [0.15, 0.2) is 33.4 Å². The molecule has 0 spiro atoms. The van der Waals surface area contributed by atoms with Crippen LogP contribution < -0.4 is 0 Å². The van der Waals surface area contributed by atoms with Crippen LogP contribution in [0.5, 0.6) is 0 Å². The Labute approximate surface area is 126 Å². The predicted octanol–water partition coefficient (Wildman–Crippen LogP) is 4.15. The molecule has 1 fully saturated rings. The topological polar surface area (TPSA) is 43.1 Å². The predicted molar refractivity (Wildman–Crippen MR) is 78.8 cm³/mol. The van der Waals surface area contributed by atoms with E-state index in [1.807, 2.05) is 18.2 Å². The molecule has 1 aliphatic rings. The van der Waals surface area contributed by atoms with Gasteiger partial charge in [-0.15, -0.1) is 0 Å². The fourth-order valence-corrected chi connectivity index (χ4v) is 2.57. The fraction of sp³-hybridized carbons (Fsp3) is 0.231. The molecule has 2 aromatic rings. The molecular weight excluding hydrogens is 409 g/mol. The summed E-state index contributed by atoms with van der Waals surface area (Å²) in [5.41, 5.74) is 1.26. The molecule has 1 aliphatic carbocycles. The third kappa shape index (κ3) is 2.25. The highest BCUT2D eigenvalue weighted by Crippen LogP contribution is 2.42. The fourth-order valence-electron chi connectivity index (χ4n) is 1.85. The Hall–Kier alpha value is -0.690. The summed E-state index contributed by atoms with van der Waals surface area (Å²) in [4.78, 5) is 12.4. The highest BCUT2D eigenvalue weighted by molar-refractivity contribution is 14.1. The van der Waals surface area contributed by atoms with Gasteiger partial charge in [-0.05, 0) is 69.6 Å². The van der Waals surface area contributed by atoms with Crippen molar-refractivity contribution >= 4 is 44.3 Å². The molecule has 3 rings (SSSR count). The first-order valence-electron chi connectivity index (χ1n) is 5.61. The molecule has 5 heteroatoms. The van der Waals surface area contributed by atoms with Gasteiger partial charge in [-0.25, -0.2) is 0 Å². The smallest absolute Gasteiger partial charge is 0.198 e. The van der Waals surface area contributed by atoms with Crippen LogP contribution in [0.2, 0.25) is 0 Å². The number of nitrogens with zero attached hydrogens (tertiary/aromatic N) is 1. The maximum atomic E-state index is 12.4. The van der Waals surface area contributed by atoms with E-state index in [1.54, 1.807) is 0 Å². The lowest BCUT2D eigenvalue weighted by Gasteiger charge is -2.02. The van der Waals surface area contributed by atoms with Crippen molar-refractivity contribution in [1.29, 1.82) is 0 Å². The minimum absolute atomic E-state index is 0.0183. The molecule has 0 saturated heterocycles. The van der Waals surface area contributed by atoms with Crippen LogP contribution in [0, 0.1) is 3.57 Å². The van der Waals surface area contributed by atoms with Gasteiger partial charge in [0.05, 0.1) is 11.8 Å². The van der Waals surface area contributed by atoms with Crippen molar-refractivity contribution in [3.05, 3.63) is 49.3 Å². The number of rotatable bonds is 3. The van der Waals surface area contributed by atoms with E-state index < -0.39 is 0 Å². The van der Waals surface area contributed by atoms with E-state index in [-0.39, 0.29) is 5.78 Å². The molecular formula is C13H9BrINO2. The second kappa shape index (κ2) is 4.77. The van der Waals surface area contributed by atoms with Gasteiger partial charge in [0.1, 0.15) is 0 Å². The third-order valence-corrected chi connectivity index (χ3v) is 5.31. The average Bonchev–Trinajstić information content (AvgIpc) is 3.09. The van der Waals surface area contributed by atoms with Gasteiger partial charge in [0.2, 0.25) is 0 Å². The zero-order chi connectivity index (χ0) is 12.7. The van der Waals surface area contributed by atoms with Crippen LogP contribution in [-0.2, 0) is 0 Å². The van der Waals surface area contributed by atoms with Gasteiger partial charge in [-0.3, -0.25) is 4.79 Å². The first kappa shape index (κ1) is 12.3. The van der Waals surface area contributed by atoms with Crippen molar-refractivity contribution < 1.29 is 9.32 Å². The number of benzene rings is 1. The molecule has 0 unspecified atom stereocenters.